The minimum absolute atomic E-state index is 0.320. The molecule has 0 fully saturated rings. The molecule has 0 amide bonds. The summed E-state index contributed by atoms with van der Waals surface area (Å²) in [6, 6.07) is 3.42. The molecule has 1 aromatic carbocycles. The molecule has 0 aliphatic rings. The predicted molar refractivity (Wildman–Crippen MR) is 83.4 cm³/mol. The monoisotopic (exact) mass is 313 g/mol. The second-order valence-electron chi connectivity index (χ2n) is 4.14. The summed E-state index contributed by atoms with van der Waals surface area (Å²) in [5.41, 5.74) is 1.34. The number of nitrogens with one attached hydrogen (secondary N) is 1. The lowest BCUT2D eigenvalue weighted by Crippen LogP contribution is -2.08. The van der Waals surface area contributed by atoms with Crippen molar-refractivity contribution in [3.05, 3.63) is 28.8 Å². The van der Waals surface area contributed by atoms with Crippen LogP contribution in [0.1, 0.15) is 13.3 Å². The van der Waals surface area contributed by atoms with Gasteiger partial charge < -0.3 is 19.5 Å². The fourth-order valence-corrected chi connectivity index (χ4v) is 2.03. The van der Waals surface area contributed by atoms with E-state index in [-0.39, 0.29) is 5.97 Å². The van der Waals surface area contributed by atoms with Gasteiger partial charge in [-0.2, -0.15) is 0 Å². The van der Waals surface area contributed by atoms with Crippen LogP contribution in [0.15, 0.2) is 23.8 Å². The Hall–Kier alpha value is -1.88. The maximum Gasteiger partial charge on any atom is 0.333 e. The smallest absolute Gasteiger partial charge is 0.333 e. The summed E-state index contributed by atoms with van der Waals surface area (Å²) < 4.78 is 15.1. The van der Waals surface area contributed by atoms with Crippen LogP contribution < -0.4 is 14.8 Å². The number of anilines is 1. The highest BCUT2D eigenvalue weighted by Crippen LogP contribution is 2.35. The largest absolute Gasteiger partial charge is 0.495 e. The number of benzene rings is 1. The molecule has 0 unspecified atom stereocenters. The first-order valence-electron chi connectivity index (χ1n) is 6.50. The van der Waals surface area contributed by atoms with Crippen molar-refractivity contribution in [1.29, 1.82) is 0 Å². The van der Waals surface area contributed by atoms with E-state index in [0.717, 1.165) is 5.69 Å². The zero-order valence-corrected chi connectivity index (χ0v) is 13.4. The third-order valence-electron chi connectivity index (χ3n) is 2.94. The van der Waals surface area contributed by atoms with Crippen molar-refractivity contribution in [3.63, 3.8) is 0 Å². The number of carbonyl (C=O) groups is 1. The Morgan fingerprint density at radius 3 is 2.43 bits per heavy atom. The van der Waals surface area contributed by atoms with Crippen molar-refractivity contribution in [3.8, 4) is 11.5 Å². The van der Waals surface area contributed by atoms with Gasteiger partial charge in [-0.3, -0.25) is 0 Å². The molecule has 6 heteroatoms. The van der Waals surface area contributed by atoms with Gasteiger partial charge in [0, 0.05) is 18.2 Å². The molecule has 0 saturated heterocycles. The Bertz CT molecular complexity index is 529. The van der Waals surface area contributed by atoms with Crippen molar-refractivity contribution in [2.45, 2.75) is 13.3 Å². The summed E-state index contributed by atoms with van der Waals surface area (Å²) in [5.74, 6) is 0.832. The maximum atomic E-state index is 11.5. The minimum Gasteiger partial charge on any atom is -0.495 e. The third kappa shape index (κ3) is 4.56. The van der Waals surface area contributed by atoms with Crippen LogP contribution in [0.3, 0.4) is 0 Å². The predicted octanol–water partition coefficient (Wildman–Crippen LogP) is 3.28. The van der Waals surface area contributed by atoms with Gasteiger partial charge in [0.2, 0.25) is 0 Å². The molecule has 0 bridgehead atoms. The Morgan fingerprint density at radius 2 is 1.90 bits per heavy atom. The van der Waals surface area contributed by atoms with Gasteiger partial charge >= 0.3 is 5.97 Å². The summed E-state index contributed by atoms with van der Waals surface area (Å²) in [7, 11) is 4.47. The summed E-state index contributed by atoms with van der Waals surface area (Å²) in [5, 5.41) is 3.63. The van der Waals surface area contributed by atoms with Crippen molar-refractivity contribution in [1.82, 2.24) is 0 Å². The van der Waals surface area contributed by atoms with Crippen molar-refractivity contribution in [2.24, 2.45) is 0 Å². The van der Waals surface area contributed by atoms with Gasteiger partial charge in [-0.05, 0) is 12.5 Å². The molecule has 1 aromatic rings. The highest BCUT2D eigenvalue weighted by Gasteiger charge is 2.10. The van der Waals surface area contributed by atoms with E-state index in [0.29, 0.717) is 35.1 Å². The van der Waals surface area contributed by atoms with E-state index < -0.39 is 0 Å². The van der Waals surface area contributed by atoms with Gasteiger partial charge in [-0.25, -0.2) is 4.79 Å². The van der Waals surface area contributed by atoms with E-state index in [1.54, 1.807) is 32.4 Å². The molecule has 5 nitrogen and oxygen atoms in total. The molecular formula is C15H20ClNO4. The van der Waals surface area contributed by atoms with Crippen molar-refractivity contribution >= 4 is 23.3 Å². The molecule has 116 valence electrons. The fraction of sp³-hybridized carbons (Fsp3) is 0.400. The van der Waals surface area contributed by atoms with Crippen LogP contribution in [-0.2, 0) is 9.53 Å². The zero-order chi connectivity index (χ0) is 15.8. The zero-order valence-electron chi connectivity index (χ0n) is 12.7. The van der Waals surface area contributed by atoms with E-state index in [2.05, 4.69) is 5.32 Å². The third-order valence-corrected chi connectivity index (χ3v) is 3.24. The highest BCUT2D eigenvalue weighted by molar-refractivity contribution is 6.32. The minimum atomic E-state index is -0.320. The molecule has 0 aliphatic heterocycles. The summed E-state index contributed by atoms with van der Waals surface area (Å²) in [6.07, 6.45) is 2.39. The van der Waals surface area contributed by atoms with E-state index in [4.69, 9.17) is 25.8 Å². The molecule has 1 rings (SSSR count). The van der Waals surface area contributed by atoms with Crippen molar-refractivity contribution < 1.29 is 19.0 Å². The van der Waals surface area contributed by atoms with Crippen LogP contribution >= 0.6 is 11.6 Å². The Balaban J connectivity index is 2.86. The molecule has 0 heterocycles. The van der Waals surface area contributed by atoms with E-state index in [1.165, 1.54) is 7.11 Å². The number of halogens is 1. The molecule has 0 atom stereocenters. The Morgan fingerprint density at radius 1 is 1.24 bits per heavy atom. The first-order valence-corrected chi connectivity index (χ1v) is 6.87. The lowest BCUT2D eigenvalue weighted by Gasteiger charge is -2.13. The van der Waals surface area contributed by atoms with Crippen molar-refractivity contribution in [2.75, 3.05) is 33.2 Å². The average molecular weight is 314 g/mol. The number of ether oxygens (including phenoxy) is 3. The second-order valence-corrected chi connectivity index (χ2v) is 4.55. The van der Waals surface area contributed by atoms with Gasteiger partial charge in [0.1, 0.15) is 11.5 Å². The standard InChI is InChI=1S/C15H20ClNO4/c1-5-10(15(18)21-4)6-7-17-12-8-11(16)13(19-2)9-14(12)20-3/h6,8-9,17H,5,7H2,1-4H3/b10-6-. The van der Waals surface area contributed by atoms with Gasteiger partial charge in [-0.15, -0.1) is 0 Å². The van der Waals surface area contributed by atoms with Crippen LogP contribution in [0, 0.1) is 0 Å². The molecule has 21 heavy (non-hydrogen) atoms. The van der Waals surface area contributed by atoms with Gasteiger partial charge in [0.25, 0.3) is 0 Å². The Kier molecular flexibility index (Phi) is 6.88. The SMILES string of the molecule is CC/C(=C/CNc1cc(Cl)c(OC)cc1OC)C(=O)OC. The molecule has 0 spiro atoms. The number of methoxy groups -OCH3 is 3. The Labute approximate surface area is 129 Å². The molecule has 0 aliphatic carbocycles. The normalized spacial score (nSPS) is 11.0. The van der Waals surface area contributed by atoms with Crippen LogP contribution in [-0.4, -0.2) is 33.8 Å². The van der Waals surface area contributed by atoms with E-state index in [1.807, 2.05) is 6.92 Å². The van der Waals surface area contributed by atoms with Crippen LogP contribution in [0.2, 0.25) is 5.02 Å². The summed E-state index contributed by atoms with van der Waals surface area (Å²) in [4.78, 5) is 11.5. The van der Waals surface area contributed by atoms with E-state index >= 15 is 0 Å². The number of esters is 1. The number of carbonyl (C=O) groups excluding carboxylic acids is 1. The van der Waals surface area contributed by atoms with Gasteiger partial charge in [0.05, 0.1) is 32.0 Å². The van der Waals surface area contributed by atoms with E-state index in [9.17, 15) is 4.79 Å². The lowest BCUT2D eigenvalue weighted by molar-refractivity contribution is -0.136. The first kappa shape index (κ1) is 17.2. The lowest BCUT2D eigenvalue weighted by atomic mass is 10.2. The van der Waals surface area contributed by atoms with Crippen LogP contribution in [0.5, 0.6) is 11.5 Å². The molecule has 0 saturated carbocycles. The highest BCUT2D eigenvalue weighted by atomic mass is 35.5. The summed E-state index contributed by atoms with van der Waals surface area (Å²) in [6.45, 7) is 2.35. The quantitative estimate of drug-likeness (QED) is 0.618. The number of rotatable bonds is 7. The van der Waals surface area contributed by atoms with Gasteiger partial charge in [0.15, 0.2) is 0 Å². The molecule has 1 N–H and O–H groups in total. The second kappa shape index (κ2) is 8.42. The van der Waals surface area contributed by atoms with Crippen LogP contribution in [0.4, 0.5) is 5.69 Å². The molecule has 0 aromatic heterocycles. The summed E-state index contributed by atoms with van der Waals surface area (Å²) >= 11 is 6.09. The molecular weight excluding hydrogens is 294 g/mol. The van der Waals surface area contributed by atoms with Gasteiger partial charge in [-0.1, -0.05) is 24.6 Å². The van der Waals surface area contributed by atoms with Crippen LogP contribution in [0.25, 0.3) is 0 Å². The maximum absolute atomic E-state index is 11.5. The topological polar surface area (TPSA) is 56.8 Å². The first-order chi connectivity index (χ1) is 10.1. The number of hydrogen-bond acceptors (Lipinski definition) is 5. The average Bonchev–Trinajstić information content (AvgIpc) is 2.51. The molecule has 0 radical (unpaired) electrons. The fourth-order valence-electron chi connectivity index (χ4n) is 1.79. The number of hydrogen-bond donors (Lipinski definition) is 1.